The Hall–Kier alpha value is -2.84. The van der Waals surface area contributed by atoms with Crippen molar-refractivity contribution in [2.24, 2.45) is 7.05 Å². The molecular weight excluding hydrogens is 422 g/mol. The Kier molecular flexibility index (Phi) is 7.48. The van der Waals surface area contributed by atoms with E-state index in [1.54, 1.807) is 28.8 Å². The Bertz CT molecular complexity index is 1010. The number of thioether (sulfide) groups is 1. The fraction of sp³-hybridized carbons (Fsp3) is 0.238. The van der Waals surface area contributed by atoms with E-state index in [1.165, 1.54) is 11.8 Å². The van der Waals surface area contributed by atoms with Crippen LogP contribution in [0, 0.1) is 0 Å². The van der Waals surface area contributed by atoms with Gasteiger partial charge in [-0.15, -0.1) is 10.2 Å². The van der Waals surface area contributed by atoms with Crippen molar-refractivity contribution in [1.29, 1.82) is 0 Å². The fourth-order valence-electron chi connectivity index (χ4n) is 2.75. The molecule has 1 aromatic heterocycles. The van der Waals surface area contributed by atoms with Gasteiger partial charge in [0.25, 0.3) is 5.91 Å². The largest absolute Gasteiger partial charge is 0.351 e. The van der Waals surface area contributed by atoms with Crippen LogP contribution in [-0.4, -0.2) is 32.3 Å². The van der Waals surface area contributed by atoms with Crippen molar-refractivity contribution in [2.45, 2.75) is 24.7 Å². The van der Waals surface area contributed by atoms with E-state index in [0.29, 0.717) is 28.1 Å². The van der Waals surface area contributed by atoms with Gasteiger partial charge in [-0.3, -0.25) is 9.59 Å². The van der Waals surface area contributed by atoms with Crippen LogP contribution in [0.15, 0.2) is 59.8 Å². The van der Waals surface area contributed by atoms with Gasteiger partial charge in [-0.1, -0.05) is 53.7 Å². The van der Waals surface area contributed by atoms with Crippen LogP contribution >= 0.6 is 23.4 Å². The zero-order valence-corrected chi connectivity index (χ0v) is 18.2. The summed E-state index contributed by atoms with van der Waals surface area (Å²) in [6.07, 6.45) is 0. The molecular formula is C21H22ClN5O2S. The molecule has 1 atom stereocenters. The second-order valence-corrected chi connectivity index (χ2v) is 8.03. The van der Waals surface area contributed by atoms with Crippen molar-refractivity contribution in [3.05, 3.63) is 76.6 Å². The minimum absolute atomic E-state index is 0.0857. The van der Waals surface area contributed by atoms with Crippen molar-refractivity contribution in [2.75, 3.05) is 5.75 Å². The van der Waals surface area contributed by atoms with Crippen LogP contribution in [0.2, 0.25) is 5.02 Å². The topological polar surface area (TPSA) is 88.9 Å². The summed E-state index contributed by atoms with van der Waals surface area (Å²) in [7, 11) is 1.81. The van der Waals surface area contributed by atoms with Crippen molar-refractivity contribution >= 4 is 35.2 Å². The molecule has 2 amide bonds. The van der Waals surface area contributed by atoms with Crippen molar-refractivity contribution in [3.8, 4) is 0 Å². The fourth-order valence-corrected chi connectivity index (χ4v) is 3.63. The number of nitrogens with zero attached hydrogens (tertiary/aromatic N) is 3. The molecule has 0 aliphatic heterocycles. The molecule has 0 bridgehead atoms. The van der Waals surface area contributed by atoms with Crippen molar-refractivity contribution in [1.82, 2.24) is 25.4 Å². The molecule has 3 aromatic rings. The van der Waals surface area contributed by atoms with Crippen LogP contribution in [0.1, 0.15) is 34.7 Å². The highest BCUT2D eigenvalue weighted by atomic mass is 35.5. The van der Waals surface area contributed by atoms with Gasteiger partial charge in [-0.05, 0) is 36.8 Å². The first-order valence-corrected chi connectivity index (χ1v) is 10.7. The molecule has 0 saturated heterocycles. The monoisotopic (exact) mass is 443 g/mol. The van der Waals surface area contributed by atoms with Gasteiger partial charge in [-0.2, -0.15) is 0 Å². The lowest BCUT2D eigenvalue weighted by atomic mass is 10.2. The summed E-state index contributed by atoms with van der Waals surface area (Å²) in [6, 6.07) is 16.0. The van der Waals surface area contributed by atoms with Gasteiger partial charge in [0.1, 0.15) is 0 Å². The number of hydrogen-bond acceptors (Lipinski definition) is 5. The molecule has 156 valence electrons. The molecule has 0 aliphatic carbocycles. The molecule has 9 heteroatoms. The molecule has 3 rings (SSSR count). The lowest BCUT2D eigenvalue weighted by Gasteiger charge is -2.13. The van der Waals surface area contributed by atoms with Crippen LogP contribution in [0.3, 0.4) is 0 Å². The van der Waals surface area contributed by atoms with E-state index >= 15 is 0 Å². The van der Waals surface area contributed by atoms with E-state index in [4.69, 9.17) is 11.6 Å². The smallest absolute Gasteiger partial charge is 0.251 e. The van der Waals surface area contributed by atoms with Gasteiger partial charge in [0, 0.05) is 24.2 Å². The average Bonchev–Trinajstić information content (AvgIpc) is 3.12. The third kappa shape index (κ3) is 5.84. The summed E-state index contributed by atoms with van der Waals surface area (Å²) in [5, 5.41) is 15.3. The molecule has 7 nitrogen and oxygen atoms in total. The van der Waals surface area contributed by atoms with E-state index < -0.39 is 0 Å². The second-order valence-electron chi connectivity index (χ2n) is 6.65. The van der Waals surface area contributed by atoms with Crippen molar-refractivity contribution in [3.63, 3.8) is 0 Å². The Labute approximate surface area is 184 Å². The van der Waals surface area contributed by atoms with Gasteiger partial charge in [0.05, 0.1) is 11.8 Å². The third-order valence-electron chi connectivity index (χ3n) is 4.37. The number of nitrogens with one attached hydrogen (secondary N) is 2. The minimum Gasteiger partial charge on any atom is -0.351 e. The van der Waals surface area contributed by atoms with Crippen LogP contribution in [-0.2, 0) is 18.4 Å². The van der Waals surface area contributed by atoms with Crippen LogP contribution in [0.4, 0.5) is 0 Å². The maximum Gasteiger partial charge on any atom is 0.251 e. The molecule has 0 unspecified atom stereocenters. The summed E-state index contributed by atoms with van der Waals surface area (Å²) in [5.41, 5.74) is 1.56. The first kappa shape index (κ1) is 21.9. The lowest BCUT2D eigenvalue weighted by molar-refractivity contribution is -0.118. The highest BCUT2D eigenvalue weighted by Gasteiger charge is 2.19. The highest BCUT2D eigenvalue weighted by molar-refractivity contribution is 7.99. The summed E-state index contributed by atoms with van der Waals surface area (Å²) >= 11 is 7.16. The zero-order chi connectivity index (χ0) is 21.5. The number of halogens is 1. The predicted octanol–water partition coefficient (Wildman–Crippen LogP) is 3.37. The van der Waals surface area contributed by atoms with Gasteiger partial charge in [0.2, 0.25) is 5.91 Å². The molecule has 0 aliphatic rings. The number of aromatic nitrogens is 3. The standard InChI is InChI=1S/C21H22ClN5O2S/c1-14(24-20(29)16-8-10-17(22)11-9-16)19-25-26-21(27(19)2)30-13-18(28)23-12-15-6-4-3-5-7-15/h3-11,14H,12-13H2,1-2H3,(H,23,28)(H,24,29)/t14-/m0/s1. The zero-order valence-electron chi connectivity index (χ0n) is 16.6. The highest BCUT2D eigenvalue weighted by Crippen LogP contribution is 2.19. The SMILES string of the molecule is C[C@H](NC(=O)c1ccc(Cl)cc1)c1nnc(SCC(=O)NCc2ccccc2)n1C. The molecule has 2 aromatic carbocycles. The molecule has 0 spiro atoms. The summed E-state index contributed by atoms with van der Waals surface area (Å²) < 4.78 is 1.78. The molecule has 1 heterocycles. The van der Waals surface area contributed by atoms with Crippen LogP contribution in [0.5, 0.6) is 0 Å². The molecule has 2 N–H and O–H groups in total. The number of benzene rings is 2. The predicted molar refractivity (Wildman–Crippen MR) is 117 cm³/mol. The van der Waals surface area contributed by atoms with Crippen molar-refractivity contribution < 1.29 is 9.59 Å². The molecule has 30 heavy (non-hydrogen) atoms. The lowest BCUT2D eigenvalue weighted by Crippen LogP contribution is -2.28. The summed E-state index contributed by atoms with van der Waals surface area (Å²) in [5.74, 6) is 0.517. The summed E-state index contributed by atoms with van der Waals surface area (Å²) in [4.78, 5) is 24.5. The average molecular weight is 444 g/mol. The molecule has 0 fully saturated rings. The van der Waals surface area contributed by atoms with E-state index in [-0.39, 0.29) is 23.6 Å². The first-order chi connectivity index (χ1) is 14.4. The number of hydrogen-bond donors (Lipinski definition) is 2. The molecule has 0 radical (unpaired) electrons. The second kappa shape index (κ2) is 10.3. The molecule has 0 saturated carbocycles. The maximum atomic E-state index is 12.4. The van der Waals surface area contributed by atoms with Gasteiger partial charge in [-0.25, -0.2) is 0 Å². The quantitative estimate of drug-likeness (QED) is 0.521. The van der Waals surface area contributed by atoms with Gasteiger partial charge in [0.15, 0.2) is 11.0 Å². The minimum atomic E-state index is -0.355. The number of rotatable bonds is 8. The number of carbonyl (C=O) groups is 2. The van der Waals surface area contributed by atoms with Crippen LogP contribution < -0.4 is 10.6 Å². The van der Waals surface area contributed by atoms with E-state index in [9.17, 15) is 9.59 Å². The number of amides is 2. The maximum absolute atomic E-state index is 12.4. The van der Waals surface area contributed by atoms with Crippen LogP contribution in [0.25, 0.3) is 0 Å². The summed E-state index contributed by atoms with van der Waals surface area (Å²) in [6.45, 7) is 2.32. The third-order valence-corrected chi connectivity index (χ3v) is 5.65. The van der Waals surface area contributed by atoms with Gasteiger partial charge >= 0.3 is 0 Å². The Morgan fingerprint density at radius 3 is 2.50 bits per heavy atom. The Morgan fingerprint density at radius 1 is 1.10 bits per heavy atom. The van der Waals surface area contributed by atoms with Gasteiger partial charge < -0.3 is 15.2 Å². The van der Waals surface area contributed by atoms with E-state index in [2.05, 4.69) is 20.8 Å². The Morgan fingerprint density at radius 2 is 1.80 bits per heavy atom. The number of carbonyl (C=O) groups excluding carboxylic acids is 2. The first-order valence-electron chi connectivity index (χ1n) is 9.33. The van der Waals surface area contributed by atoms with E-state index in [0.717, 1.165) is 5.56 Å². The van der Waals surface area contributed by atoms with E-state index in [1.807, 2.05) is 44.3 Å². The Balaban J connectivity index is 1.52. The normalized spacial score (nSPS) is 11.7.